The van der Waals surface area contributed by atoms with Crippen molar-refractivity contribution in [2.24, 2.45) is 23.7 Å². The number of rotatable bonds is 11. The monoisotopic (exact) mass is 294 g/mol. The Balaban J connectivity index is 2.73. The number of unbranched alkanes of at least 4 members (excludes halogenated alkanes) is 3. The lowest BCUT2D eigenvalue weighted by molar-refractivity contribution is 0.0601. The molecule has 0 nitrogen and oxygen atoms in total. The summed E-state index contributed by atoms with van der Waals surface area (Å²) in [6.45, 7) is 9.49. The molecule has 1 saturated carbocycles. The van der Waals surface area contributed by atoms with Crippen LogP contribution in [0.1, 0.15) is 111 Å². The highest BCUT2D eigenvalue weighted by molar-refractivity contribution is 4.87. The number of hydrogen-bond acceptors (Lipinski definition) is 0. The summed E-state index contributed by atoms with van der Waals surface area (Å²) in [5, 5.41) is 0. The maximum atomic E-state index is 2.39. The molecule has 0 spiro atoms. The Morgan fingerprint density at radius 2 is 0.952 bits per heavy atom. The van der Waals surface area contributed by atoms with Crippen molar-refractivity contribution in [2.75, 3.05) is 0 Å². The van der Waals surface area contributed by atoms with Crippen LogP contribution < -0.4 is 0 Å². The summed E-state index contributed by atoms with van der Waals surface area (Å²) in [5.41, 5.74) is 0. The summed E-state index contributed by atoms with van der Waals surface area (Å²) in [6, 6.07) is 0. The minimum absolute atomic E-state index is 1.06. The SMILES string of the molecule is CCCCC1CCC(CCC)[C@@H](CCCC)C1CCCC. The van der Waals surface area contributed by atoms with Crippen LogP contribution in [0, 0.1) is 23.7 Å². The van der Waals surface area contributed by atoms with Gasteiger partial charge in [0.15, 0.2) is 0 Å². The third-order valence-electron chi connectivity index (χ3n) is 6.04. The first-order valence-electron chi connectivity index (χ1n) is 10.3. The summed E-state index contributed by atoms with van der Waals surface area (Å²) >= 11 is 0. The quantitative estimate of drug-likeness (QED) is 0.367. The molecule has 3 unspecified atom stereocenters. The van der Waals surface area contributed by atoms with E-state index in [1.165, 1.54) is 70.6 Å². The van der Waals surface area contributed by atoms with Gasteiger partial charge < -0.3 is 0 Å². The van der Waals surface area contributed by atoms with Crippen molar-refractivity contribution in [3.05, 3.63) is 0 Å². The zero-order valence-corrected chi connectivity index (χ0v) is 15.5. The van der Waals surface area contributed by atoms with E-state index < -0.39 is 0 Å². The molecule has 0 bridgehead atoms. The van der Waals surface area contributed by atoms with Crippen LogP contribution in [0.25, 0.3) is 0 Å². The van der Waals surface area contributed by atoms with Gasteiger partial charge in [0.2, 0.25) is 0 Å². The molecular formula is C21H42. The fraction of sp³-hybridized carbons (Fsp3) is 1.00. The van der Waals surface area contributed by atoms with Gasteiger partial charge in [0.25, 0.3) is 0 Å². The number of hydrogen-bond donors (Lipinski definition) is 0. The van der Waals surface area contributed by atoms with Crippen LogP contribution in [0.4, 0.5) is 0 Å². The topological polar surface area (TPSA) is 0 Å². The zero-order chi connectivity index (χ0) is 15.5. The van der Waals surface area contributed by atoms with E-state index in [9.17, 15) is 0 Å². The smallest absolute Gasteiger partial charge is 0.0355 e. The zero-order valence-electron chi connectivity index (χ0n) is 15.5. The van der Waals surface area contributed by atoms with Crippen LogP contribution in [0.15, 0.2) is 0 Å². The van der Waals surface area contributed by atoms with Gasteiger partial charge >= 0.3 is 0 Å². The maximum absolute atomic E-state index is 2.39. The molecule has 0 heteroatoms. The summed E-state index contributed by atoms with van der Waals surface area (Å²) < 4.78 is 0. The molecule has 0 radical (unpaired) electrons. The molecule has 0 aliphatic heterocycles. The van der Waals surface area contributed by atoms with Crippen LogP contribution in [0.3, 0.4) is 0 Å². The minimum atomic E-state index is 1.06. The van der Waals surface area contributed by atoms with Gasteiger partial charge in [0, 0.05) is 0 Å². The highest BCUT2D eigenvalue weighted by atomic mass is 14.4. The van der Waals surface area contributed by atoms with Crippen molar-refractivity contribution in [1.29, 1.82) is 0 Å². The second-order valence-corrected chi connectivity index (χ2v) is 7.64. The van der Waals surface area contributed by atoms with E-state index in [1.807, 2.05) is 0 Å². The fourth-order valence-electron chi connectivity index (χ4n) is 4.89. The predicted octanol–water partition coefficient (Wildman–Crippen LogP) is 7.62. The summed E-state index contributed by atoms with van der Waals surface area (Å²) in [6.07, 6.45) is 19.1. The molecule has 1 rings (SSSR count). The molecule has 0 heterocycles. The molecule has 0 N–H and O–H groups in total. The lowest BCUT2D eigenvalue weighted by Crippen LogP contribution is -2.35. The maximum Gasteiger partial charge on any atom is -0.0355 e. The fourth-order valence-corrected chi connectivity index (χ4v) is 4.89. The van der Waals surface area contributed by atoms with Gasteiger partial charge in [-0.2, -0.15) is 0 Å². The molecule has 0 aromatic heterocycles. The molecule has 1 aliphatic rings. The van der Waals surface area contributed by atoms with Crippen molar-refractivity contribution in [1.82, 2.24) is 0 Å². The third-order valence-corrected chi connectivity index (χ3v) is 6.04. The van der Waals surface area contributed by atoms with E-state index in [1.54, 1.807) is 12.8 Å². The summed E-state index contributed by atoms with van der Waals surface area (Å²) in [5.74, 6) is 4.24. The molecule has 21 heavy (non-hydrogen) atoms. The van der Waals surface area contributed by atoms with Crippen LogP contribution >= 0.6 is 0 Å². The average molecular weight is 295 g/mol. The molecule has 0 saturated heterocycles. The molecule has 1 fully saturated rings. The van der Waals surface area contributed by atoms with E-state index in [2.05, 4.69) is 27.7 Å². The molecule has 126 valence electrons. The largest absolute Gasteiger partial charge is 0.0654 e. The van der Waals surface area contributed by atoms with E-state index in [0.29, 0.717) is 0 Å². The molecule has 1 aliphatic carbocycles. The van der Waals surface area contributed by atoms with Crippen molar-refractivity contribution in [3.63, 3.8) is 0 Å². The Morgan fingerprint density at radius 3 is 1.38 bits per heavy atom. The van der Waals surface area contributed by atoms with Crippen LogP contribution in [-0.2, 0) is 0 Å². The highest BCUT2D eigenvalue weighted by Crippen LogP contribution is 2.47. The minimum Gasteiger partial charge on any atom is -0.0654 e. The van der Waals surface area contributed by atoms with Gasteiger partial charge in [0.1, 0.15) is 0 Å². The normalized spacial score (nSPS) is 29.7. The van der Waals surface area contributed by atoms with E-state index in [-0.39, 0.29) is 0 Å². The van der Waals surface area contributed by atoms with Crippen LogP contribution in [0.2, 0.25) is 0 Å². The highest BCUT2D eigenvalue weighted by Gasteiger charge is 2.37. The Kier molecular flexibility index (Phi) is 10.5. The molecule has 4 atom stereocenters. The third kappa shape index (κ3) is 6.33. The van der Waals surface area contributed by atoms with Crippen molar-refractivity contribution >= 4 is 0 Å². The standard InChI is InChI=1S/C21H42/c1-5-9-13-19-17-16-18(12-8-4)20(14-10-6-2)21(19)15-11-7-3/h18-21H,5-17H2,1-4H3/t18?,19?,20-,21?/m1/s1. The lowest BCUT2D eigenvalue weighted by atomic mass is 9.61. The van der Waals surface area contributed by atoms with Crippen LogP contribution in [0.5, 0.6) is 0 Å². The van der Waals surface area contributed by atoms with E-state index in [4.69, 9.17) is 0 Å². The molecule has 0 aromatic rings. The first kappa shape index (κ1) is 19.0. The van der Waals surface area contributed by atoms with Gasteiger partial charge in [-0.25, -0.2) is 0 Å². The van der Waals surface area contributed by atoms with Crippen molar-refractivity contribution < 1.29 is 0 Å². The Morgan fingerprint density at radius 1 is 0.524 bits per heavy atom. The van der Waals surface area contributed by atoms with Gasteiger partial charge in [0.05, 0.1) is 0 Å². The van der Waals surface area contributed by atoms with E-state index in [0.717, 1.165) is 23.7 Å². The van der Waals surface area contributed by atoms with E-state index >= 15 is 0 Å². The summed E-state index contributed by atoms with van der Waals surface area (Å²) in [7, 11) is 0. The molecule has 0 aromatic carbocycles. The van der Waals surface area contributed by atoms with Crippen LogP contribution in [-0.4, -0.2) is 0 Å². The summed E-state index contributed by atoms with van der Waals surface area (Å²) in [4.78, 5) is 0. The van der Waals surface area contributed by atoms with Crippen molar-refractivity contribution in [3.8, 4) is 0 Å². The Bertz CT molecular complexity index is 232. The molecular weight excluding hydrogens is 252 g/mol. The first-order chi connectivity index (χ1) is 10.3. The van der Waals surface area contributed by atoms with Gasteiger partial charge in [-0.1, -0.05) is 85.5 Å². The van der Waals surface area contributed by atoms with Gasteiger partial charge in [-0.3, -0.25) is 0 Å². The van der Waals surface area contributed by atoms with Gasteiger partial charge in [-0.05, 0) is 49.4 Å². The predicted molar refractivity (Wildman–Crippen MR) is 96.7 cm³/mol. The Labute approximate surface area is 135 Å². The molecule has 0 amide bonds. The second-order valence-electron chi connectivity index (χ2n) is 7.64. The Hall–Kier alpha value is 0. The second kappa shape index (κ2) is 11.6. The first-order valence-corrected chi connectivity index (χ1v) is 10.3. The lowest BCUT2D eigenvalue weighted by Gasteiger charge is -2.44. The van der Waals surface area contributed by atoms with Crippen molar-refractivity contribution in [2.45, 2.75) is 111 Å². The average Bonchev–Trinajstić information content (AvgIpc) is 2.50. The van der Waals surface area contributed by atoms with Gasteiger partial charge in [-0.15, -0.1) is 0 Å².